The molecule has 0 fully saturated rings. The number of anilines is 1. The fourth-order valence-corrected chi connectivity index (χ4v) is 3.72. The number of ether oxygens (including phenoxy) is 1. The van der Waals surface area contributed by atoms with E-state index in [4.69, 9.17) is 4.74 Å². The minimum absolute atomic E-state index is 0.0370. The molecule has 0 aliphatic heterocycles. The number of nitrogens with zero attached hydrogens (tertiary/aromatic N) is 1. The Hall–Kier alpha value is -3.07. The van der Waals surface area contributed by atoms with Gasteiger partial charge in [-0.3, -0.25) is 14.3 Å². The van der Waals surface area contributed by atoms with Gasteiger partial charge in [-0.05, 0) is 36.8 Å². The van der Waals surface area contributed by atoms with Crippen molar-refractivity contribution in [1.29, 1.82) is 0 Å². The molecular weight excluding hydrogens is 382 g/mol. The van der Waals surface area contributed by atoms with Crippen LogP contribution in [0.1, 0.15) is 15.9 Å². The number of hydrogen-bond donors (Lipinski definition) is 2. The quantitative estimate of drug-likeness (QED) is 0.728. The largest absolute Gasteiger partial charge is 0.495 e. The highest BCUT2D eigenvalue weighted by molar-refractivity contribution is 7.92. The second kappa shape index (κ2) is 8.75. The predicted molar refractivity (Wildman–Crippen MR) is 106 cm³/mol. The smallest absolute Gasteiger partial charge is 0.262 e. The molecule has 150 valence electrons. The van der Waals surface area contributed by atoms with Gasteiger partial charge in [-0.25, -0.2) is 8.42 Å². The molecule has 2 N–H and O–H groups in total. The average molecular weight is 405 g/mol. The van der Waals surface area contributed by atoms with Gasteiger partial charge in [-0.1, -0.05) is 18.2 Å². The Morgan fingerprint density at radius 2 is 1.79 bits per heavy atom. The third-order valence-electron chi connectivity index (χ3n) is 3.99. The highest BCUT2D eigenvalue weighted by Gasteiger charge is 2.21. The normalized spacial score (nSPS) is 10.9. The van der Waals surface area contributed by atoms with Gasteiger partial charge in [-0.2, -0.15) is 0 Å². The second-order valence-electron chi connectivity index (χ2n) is 6.26. The molecule has 0 saturated heterocycles. The van der Waals surface area contributed by atoms with Crippen molar-refractivity contribution >= 4 is 27.5 Å². The predicted octanol–water partition coefficient (Wildman–Crippen LogP) is 1.62. The van der Waals surface area contributed by atoms with Gasteiger partial charge < -0.3 is 15.0 Å². The van der Waals surface area contributed by atoms with Crippen molar-refractivity contribution in [2.75, 3.05) is 32.5 Å². The number of methoxy groups -OCH3 is 1. The fourth-order valence-electron chi connectivity index (χ4n) is 2.38. The molecule has 2 aromatic rings. The summed E-state index contributed by atoms with van der Waals surface area (Å²) in [6, 6.07) is 10.9. The number of amides is 2. The van der Waals surface area contributed by atoms with E-state index in [0.29, 0.717) is 11.3 Å². The topological polar surface area (TPSA) is 105 Å². The number of carbonyl (C=O) groups is 2. The van der Waals surface area contributed by atoms with E-state index in [1.54, 1.807) is 51.4 Å². The van der Waals surface area contributed by atoms with E-state index >= 15 is 0 Å². The second-order valence-corrected chi connectivity index (χ2v) is 7.91. The molecule has 0 aromatic heterocycles. The summed E-state index contributed by atoms with van der Waals surface area (Å²) in [4.78, 5) is 25.2. The molecular formula is C19H23N3O5S. The van der Waals surface area contributed by atoms with E-state index < -0.39 is 15.9 Å². The summed E-state index contributed by atoms with van der Waals surface area (Å²) in [5, 5.41) is 2.48. The Morgan fingerprint density at radius 1 is 1.11 bits per heavy atom. The van der Waals surface area contributed by atoms with E-state index in [-0.39, 0.29) is 28.6 Å². The fraction of sp³-hybridized carbons (Fsp3) is 0.263. The van der Waals surface area contributed by atoms with Crippen LogP contribution in [-0.2, 0) is 14.8 Å². The van der Waals surface area contributed by atoms with Crippen LogP contribution in [0.5, 0.6) is 5.75 Å². The maximum absolute atomic E-state index is 12.9. The molecule has 0 saturated carbocycles. The van der Waals surface area contributed by atoms with Gasteiger partial charge in [0.25, 0.3) is 15.9 Å². The number of nitrogens with one attached hydrogen (secondary N) is 2. The summed E-state index contributed by atoms with van der Waals surface area (Å²) in [6.45, 7) is 1.45. The number of rotatable bonds is 7. The zero-order chi connectivity index (χ0) is 20.9. The summed E-state index contributed by atoms with van der Waals surface area (Å²) < 4.78 is 33.4. The number of likely N-dealkylation sites (N-methyl/N-ethyl adjacent to an activating group) is 1. The molecule has 8 nitrogen and oxygen atoms in total. The molecule has 0 bridgehead atoms. The first kappa shape index (κ1) is 21.2. The van der Waals surface area contributed by atoms with E-state index in [9.17, 15) is 18.0 Å². The van der Waals surface area contributed by atoms with Crippen LogP contribution in [0.4, 0.5) is 5.69 Å². The van der Waals surface area contributed by atoms with Crippen LogP contribution in [0, 0.1) is 6.92 Å². The number of aryl methyl sites for hydroxylation is 1. The van der Waals surface area contributed by atoms with Gasteiger partial charge in [-0.15, -0.1) is 0 Å². The number of carbonyl (C=O) groups excluding carboxylic acids is 2. The Bertz CT molecular complexity index is 987. The van der Waals surface area contributed by atoms with E-state index in [0.717, 1.165) is 0 Å². The number of hydrogen-bond acceptors (Lipinski definition) is 5. The van der Waals surface area contributed by atoms with E-state index in [1.807, 2.05) is 0 Å². The maximum Gasteiger partial charge on any atom is 0.262 e. The molecule has 28 heavy (non-hydrogen) atoms. The van der Waals surface area contributed by atoms with Gasteiger partial charge in [0.15, 0.2) is 0 Å². The van der Waals surface area contributed by atoms with E-state index in [2.05, 4.69) is 10.0 Å². The first-order chi connectivity index (χ1) is 13.2. The van der Waals surface area contributed by atoms with Gasteiger partial charge in [0.05, 0.1) is 24.2 Å². The van der Waals surface area contributed by atoms with Crippen LogP contribution in [-0.4, -0.2) is 52.9 Å². The molecule has 0 heterocycles. The lowest BCUT2D eigenvalue weighted by Gasteiger charge is -2.14. The van der Waals surface area contributed by atoms with Crippen molar-refractivity contribution in [3.8, 4) is 5.75 Å². The Morgan fingerprint density at radius 3 is 2.43 bits per heavy atom. The molecule has 0 atom stereocenters. The molecule has 0 aliphatic carbocycles. The number of sulfonamides is 1. The molecule has 2 rings (SSSR count). The first-order valence-electron chi connectivity index (χ1n) is 8.40. The average Bonchev–Trinajstić information content (AvgIpc) is 2.66. The summed E-state index contributed by atoms with van der Waals surface area (Å²) in [6.07, 6.45) is 0. The third-order valence-corrected chi connectivity index (χ3v) is 5.50. The van der Waals surface area contributed by atoms with Crippen molar-refractivity contribution in [1.82, 2.24) is 10.2 Å². The lowest BCUT2D eigenvalue weighted by molar-refractivity contribution is -0.127. The lowest BCUT2D eigenvalue weighted by Crippen LogP contribution is -2.36. The highest BCUT2D eigenvalue weighted by Crippen LogP contribution is 2.27. The summed E-state index contributed by atoms with van der Waals surface area (Å²) in [5.41, 5.74) is 0.900. The van der Waals surface area contributed by atoms with Crippen molar-refractivity contribution in [2.45, 2.75) is 11.8 Å². The Kier molecular flexibility index (Phi) is 6.63. The van der Waals surface area contributed by atoms with Crippen molar-refractivity contribution < 1.29 is 22.7 Å². The summed E-state index contributed by atoms with van der Waals surface area (Å²) >= 11 is 0. The van der Waals surface area contributed by atoms with Crippen LogP contribution < -0.4 is 14.8 Å². The van der Waals surface area contributed by atoms with Crippen LogP contribution >= 0.6 is 0 Å². The van der Waals surface area contributed by atoms with Gasteiger partial charge >= 0.3 is 0 Å². The maximum atomic E-state index is 12.9. The third kappa shape index (κ3) is 5.01. The molecule has 9 heteroatoms. The summed E-state index contributed by atoms with van der Waals surface area (Å²) in [5.74, 6) is -0.435. The molecule has 2 aromatic carbocycles. The molecule has 0 radical (unpaired) electrons. The van der Waals surface area contributed by atoms with Crippen LogP contribution in [0.2, 0.25) is 0 Å². The molecule has 2 amide bonds. The minimum Gasteiger partial charge on any atom is -0.495 e. The highest BCUT2D eigenvalue weighted by atomic mass is 32.2. The number of benzene rings is 2. The Labute approximate surface area is 164 Å². The van der Waals surface area contributed by atoms with Gasteiger partial charge in [0.2, 0.25) is 5.91 Å². The lowest BCUT2D eigenvalue weighted by atomic mass is 10.1. The molecule has 0 unspecified atom stereocenters. The van der Waals surface area contributed by atoms with E-state index in [1.165, 1.54) is 24.1 Å². The van der Waals surface area contributed by atoms with Crippen molar-refractivity contribution in [3.63, 3.8) is 0 Å². The zero-order valence-electron chi connectivity index (χ0n) is 16.1. The number of para-hydroxylation sites is 2. The van der Waals surface area contributed by atoms with Crippen molar-refractivity contribution in [2.24, 2.45) is 0 Å². The standard InChI is InChI=1S/C19H23N3O5S/c1-13-9-10-14(19(24)20-12-18(23)22(2)3)11-17(13)28(25,26)21-15-7-5-6-8-16(15)27-4/h5-11,21H,12H2,1-4H3,(H,20,24). The molecule has 0 aliphatic rings. The van der Waals surface area contributed by atoms with Gasteiger partial charge in [0.1, 0.15) is 5.75 Å². The summed E-state index contributed by atoms with van der Waals surface area (Å²) in [7, 11) is 0.636. The zero-order valence-corrected chi connectivity index (χ0v) is 17.0. The Balaban J connectivity index is 2.28. The van der Waals surface area contributed by atoms with Crippen LogP contribution in [0.15, 0.2) is 47.4 Å². The minimum atomic E-state index is -3.96. The van der Waals surface area contributed by atoms with Gasteiger partial charge in [0, 0.05) is 19.7 Å². The van der Waals surface area contributed by atoms with Crippen LogP contribution in [0.25, 0.3) is 0 Å². The molecule has 0 spiro atoms. The van der Waals surface area contributed by atoms with Crippen molar-refractivity contribution in [3.05, 3.63) is 53.6 Å². The first-order valence-corrected chi connectivity index (χ1v) is 9.89. The van der Waals surface area contributed by atoms with Crippen LogP contribution in [0.3, 0.4) is 0 Å². The SMILES string of the molecule is COc1ccccc1NS(=O)(=O)c1cc(C(=O)NCC(=O)N(C)C)ccc1C. The monoisotopic (exact) mass is 405 g/mol.